The van der Waals surface area contributed by atoms with Crippen LogP contribution in [0.2, 0.25) is 0 Å². The highest BCUT2D eigenvalue weighted by atomic mass is 16.5. The molecule has 0 radical (unpaired) electrons. The highest BCUT2D eigenvalue weighted by Gasteiger charge is 2.31. The zero-order valence-corrected chi connectivity index (χ0v) is 14.6. The quantitative estimate of drug-likeness (QED) is 0.722. The van der Waals surface area contributed by atoms with E-state index in [1.165, 1.54) is 0 Å². The van der Waals surface area contributed by atoms with E-state index in [9.17, 15) is 0 Å². The highest BCUT2D eigenvalue weighted by molar-refractivity contribution is 5.43. The van der Waals surface area contributed by atoms with Crippen LogP contribution in [0.1, 0.15) is 56.1 Å². The Labute approximate surface area is 145 Å². The maximum absolute atomic E-state index is 5.37. The third-order valence-electron chi connectivity index (χ3n) is 4.39. The molecule has 0 aliphatic carbocycles. The maximum Gasteiger partial charge on any atom is 0.229 e. The molecule has 0 bridgehead atoms. The zero-order valence-electron chi connectivity index (χ0n) is 14.6. The predicted octanol–water partition coefficient (Wildman–Crippen LogP) is 2.82. The van der Waals surface area contributed by atoms with E-state index < -0.39 is 0 Å². The van der Waals surface area contributed by atoms with E-state index in [0.717, 1.165) is 36.7 Å². The van der Waals surface area contributed by atoms with Crippen LogP contribution in [0.15, 0.2) is 28.9 Å². The Bertz CT molecular complexity index is 852. The van der Waals surface area contributed by atoms with Gasteiger partial charge in [0.25, 0.3) is 0 Å². The molecule has 1 fully saturated rings. The van der Waals surface area contributed by atoms with Crippen LogP contribution in [0.3, 0.4) is 0 Å². The van der Waals surface area contributed by atoms with E-state index in [0.29, 0.717) is 11.7 Å². The molecule has 0 saturated carbocycles. The van der Waals surface area contributed by atoms with E-state index in [1.807, 2.05) is 45.2 Å². The number of aryl methyl sites for hydroxylation is 1. The van der Waals surface area contributed by atoms with Gasteiger partial charge in [0.05, 0.1) is 11.7 Å². The molecule has 0 N–H and O–H groups in total. The third kappa shape index (κ3) is 2.99. The number of anilines is 1. The molecule has 1 unspecified atom stereocenters. The van der Waals surface area contributed by atoms with Gasteiger partial charge in [-0.3, -0.25) is 0 Å². The molecule has 1 aliphatic heterocycles. The molecule has 0 amide bonds. The minimum absolute atomic E-state index is 0.0864. The first-order chi connectivity index (χ1) is 12.1. The molecular formula is C17H21N7O. The van der Waals surface area contributed by atoms with Crippen molar-refractivity contribution in [2.75, 3.05) is 11.4 Å². The van der Waals surface area contributed by atoms with Crippen LogP contribution in [-0.2, 0) is 0 Å². The van der Waals surface area contributed by atoms with Crippen molar-refractivity contribution in [2.24, 2.45) is 0 Å². The van der Waals surface area contributed by atoms with Crippen molar-refractivity contribution in [3.63, 3.8) is 0 Å². The molecule has 0 spiro atoms. The predicted molar refractivity (Wildman–Crippen MR) is 91.6 cm³/mol. The van der Waals surface area contributed by atoms with Crippen LogP contribution in [0.25, 0.3) is 5.82 Å². The second kappa shape index (κ2) is 6.27. The molecule has 8 heteroatoms. The lowest BCUT2D eigenvalue weighted by Crippen LogP contribution is -2.25. The van der Waals surface area contributed by atoms with E-state index in [4.69, 9.17) is 4.52 Å². The van der Waals surface area contributed by atoms with Crippen molar-refractivity contribution in [2.45, 2.75) is 45.6 Å². The fourth-order valence-corrected chi connectivity index (χ4v) is 3.06. The van der Waals surface area contributed by atoms with E-state index in [2.05, 4.69) is 30.3 Å². The van der Waals surface area contributed by atoms with Gasteiger partial charge in [-0.25, -0.2) is 4.68 Å². The van der Waals surface area contributed by atoms with Gasteiger partial charge in [-0.1, -0.05) is 19.0 Å². The topological polar surface area (TPSA) is 85.8 Å². The molecule has 25 heavy (non-hydrogen) atoms. The minimum Gasteiger partial charge on any atom is -0.345 e. The normalized spacial score (nSPS) is 17.6. The summed E-state index contributed by atoms with van der Waals surface area (Å²) in [5.41, 5.74) is 0.948. The summed E-state index contributed by atoms with van der Waals surface area (Å²) in [5.74, 6) is 3.17. The number of hydrogen-bond acceptors (Lipinski definition) is 7. The van der Waals surface area contributed by atoms with E-state index in [-0.39, 0.29) is 12.0 Å². The molecule has 1 saturated heterocycles. The number of nitrogens with zero attached hydrogens (tertiary/aromatic N) is 7. The lowest BCUT2D eigenvalue weighted by Gasteiger charge is -2.22. The molecular weight excluding hydrogens is 318 g/mol. The van der Waals surface area contributed by atoms with Crippen LogP contribution in [0, 0.1) is 6.92 Å². The molecule has 1 atom stereocenters. The van der Waals surface area contributed by atoms with Gasteiger partial charge in [-0.15, -0.1) is 10.2 Å². The first-order valence-electron chi connectivity index (χ1n) is 8.58. The number of hydrogen-bond donors (Lipinski definition) is 0. The summed E-state index contributed by atoms with van der Waals surface area (Å²) in [5, 5.41) is 17.2. The van der Waals surface area contributed by atoms with Crippen molar-refractivity contribution < 1.29 is 4.52 Å². The van der Waals surface area contributed by atoms with Gasteiger partial charge in [0, 0.05) is 18.7 Å². The van der Waals surface area contributed by atoms with Gasteiger partial charge in [0.1, 0.15) is 0 Å². The summed E-state index contributed by atoms with van der Waals surface area (Å²) in [7, 11) is 0. The Morgan fingerprint density at radius 1 is 1.16 bits per heavy atom. The average Bonchev–Trinajstić information content (AvgIpc) is 3.34. The Morgan fingerprint density at radius 2 is 1.96 bits per heavy atom. The van der Waals surface area contributed by atoms with Gasteiger partial charge < -0.3 is 9.42 Å². The van der Waals surface area contributed by atoms with Gasteiger partial charge in [0.2, 0.25) is 5.89 Å². The lowest BCUT2D eigenvalue weighted by molar-refractivity contribution is 0.358. The van der Waals surface area contributed by atoms with Gasteiger partial charge in [-0.2, -0.15) is 10.1 Å². The minimum atomic E-state index is 0.0864. The van der Waals surface area contributed by atoms with Crippen molar-refractivity contribution in [1.29, 1.82) is 0 Å². The molecule has 3 aromatic heterocycles. The summed E-state index contributed by atoms with van der Waals surface area (Å²) in [6.07, 6.45) is 3.93. The average molecular weight is 339 g/mol. The Morgan fingerprint density at radius 3 is 2.60 bits per heavy atom. The smallest absolute Gasteiger partial charge is 0.229 e. The Kier molecular flexibility index (Phi) is 3.95. The van der Waals surface area contributed by atoms with Crippen LogP contribution in [0.5, 0.6) is 0 Å². The van der Waals surface area contributed by atoms with Gasteiger partial charge in [0.15, 0.2) is 17.5 Å². The fraction of sp³-hybridized carbons (Fsp3) is 0.471. The monoisotopic (exact) mass is 339 g/mol. The maximum atomic E-state index is 5.37. The summed E-state index contributed by atoms with van der Waals surface area (Å²) < 4.78 is 7.09. The number of rotatable bonds is 4. The summed E-state index contributed by atoms with van der Waals surface area (Å²) in [6.45, 7) is 6.95. The van der Waals surface area contributed by atoms with Gasteiger partial charge >= 0.3 is 0 Å². The molecule has 1 aliphatic rings. The van der Waals surface area contributed by atoms with Crippen LogP contribution >= 0.6 is 0 Å². The molecule has 3 aromatic rings. The molecule has 0 aromatic carbocycles. The van der Waals surface area contributed by atoms with E-state index in [1.54, 1.807) is 4.68 Å². The van der Waals surface area contributed by atoms with Crippen LogP contribution in [0.4, 0.5) is 5.82 Å². The van der Waals surface area contributed by atoms with E-state index >= 15 is 0 Å². The first kappa shape index (κ1) is 15.7. The van der Waals surface area contributed by atoms with Crippen LogP contribution < -0.4 is 4.90 Å². The number of aromatic nitrogens is 6. The summed E-state index contributed by atoms with van der Waals surface area (Å²) in [6, 6.07) is 5.93. The molecule has 4 heterocycles. The second-order valence-corrected chi connectivity index (χ2v) is 6.65. The standard InChI is InChI=1S/C17H21N7O/c1-11(2)17-18-16(22-25-17)13-5-4-9-23(13)14-6-7-15(20-19-14)24-10-8-12(3)21-24/h6-8,10-11,13H,4-5,9H2,1-3H3. The lowest BCUT2D eigenvalue weighted by atomic mass is 10.2. The molecule has 8 nitrogen and oxygen atoms in total. The molecule has 4 rings (SSSR count). The summed E-state index contributed by atoms with van der Waals surface area (Å²) >= 11 is 0. The molecule has 130 valence electrons. The Hall–Kier alpha value is -2.77. The fourth-order valence-electron chi connectivity index (χ4n) is 3.06. The Balaban J connectivity index is 1.57. The van der Waals surface area contributed by atoms with Crippen molar-refractivity contribution in [3.05, 3.63) is 41.8 Å². The first-order valence-corrected chi connectivity index (χ1v) is 8.58. The largest absolute Gasteiger partial charge is 0.345 e. The highest BCUT2D eigenvalue weighted by Crippen LogP contribution is 2.34. The van der Waals surface area contributed by atoms with Crippen molar-refractivity contribution in [3.8, 4) is 5.82 Å². The SMILES string of the molecule is Cc1ccn(-c2ccc(N3CCCC3c3noc(C(C)C)n3)nn2)n1. The van der Waals surface area contributed by atoms with Crippen molar-refractivity contribution in [1.82, 2.24) is 30.1 Å². The third-order valence-corrected chi connectivity index (χ3v) is 4.39. The second-order valence-electron chi connectivity index (χ2n) is 6.65. The van der Waals surface area contributed by atoms with Crippen LogP contribution in [-0.4, -0.2) is 36.7 Å². The summed E-state index contributed by atoms with van der Waals surface area (Å²) in [4.78, 5) is 6.75. The van der Waals surface area contributed by atoms with Gasteiger partial charge in [-0.05, 0) is 38.0 Å². The van der Waals surface area contributed by atoms with Crippen molar-refractivity contribution >= 4 is 5.82 Å². The zero-order chi connectivity index (χ0) is 17.4.